The number of piperidine rings is 1. The van der Waals surface area contributed by atoms with E-state index in [0.717, 1.165) is 54.9 Å². The first kappa shape index (κ1) is 27.5. The zero-order valence-electron chi connectivity index (χ0n) is 23.6. The molecule has 11 nitrogen and oxygen atoms in total. The van der Waals surface area contributed by atoms with Gasteiger partial charge in [0.25, 0.3) is 0 Å². The van der Waals surface area contributed by atoms with Crippen LogP contribution in [0.25, 0.3) is 10.9 Å². The summed E-state index contributed by atoms with van der Waals surface area (Å²) in [5.74, 6) is 1.42. The number of carbonyl (C=O) groups is 2. The molecule has 0 radical (unpaired) electrons. The summed E-state index contributed by atoms with van der Waals surface area (Å²) in [4.78, 5) is 48.1. The van der Waals surface area contributed by atoms with Crippen molar-refractivity contribution >= 4 is 46.1 Å². The third-order valence-electron chi connectivity index (χ3n) is 7.56. The Labute approximate surface area is 244 Å². The number of ether oxygens (including phenoxy) is 1. The maximum Gasteiger partial charge on any atom is 0.338 e. The van der Waals surface area contributed by atoms with Crippen molar-refractivity contribution in [1.82, 2.24) is 25.3 Å². The van der Waals surface area contributed by atoms with Gasteiger partial charge in [-0.15, -0.1) is 0 Å². The molecule has 0 saturated carbocycles. The first-order valence-corrected chi connectivity index (χ1v) is 14.5. The first-order valence-electron chi connectivity index (χ1n) is 14.5. The highest BCUT2D eigenvalue weighted by Gasteiger charge is 2.22. The molecular formula is C31H34N8O3. The summed E-state index contributed by atoms with van der Waals surface area (Å²) in [7, 11) is 0. The Balaban J connectivity index is 1.26. The Morgan fingerprint density at radius 3 is 2.60 bits per heavy atom. The summed E-state index contributed by atoms with van der Waals surface area (Å²) in [5, 5.41) is 7.25. The van der Waals surface area contributed by atoms with Crippen molar-refractivity contribution in [2.24, 2.45) is 0 Å². The molecule has 42 heavy (non-hydrogen) atoms. The fraction of sp³-hybridized carbons (Fsp3) is 0.355. The maximum atomic E-state index is 12.7. The molecule has 11 heteroatoms. The number of nitrogens with zero attached hydrogens (tertiary/aromatic N) is 6. The van der Waals surface area contributed by atoms with Crippen molar-refractivity contribution in [2.75, 3.05) is 47.8 Å². The van der Waals surface area contributed by atoms with Gasteiger partial charge in [-0.2, -0.15) is 0 Å². The lowest BCUT2D eigenvalue weighted by atomic mass is 10.1. The van der Waals surface area contributed by atoms with E-state index in [9.17, 15) is 9.59 Å². The van der Waals surface area contributed by atoms with Crippen LogP contribution >= 0.6 is 0 Å². The molecule has 0 spiro atoms. The topological polar surface area (TPSA) is 125 Å². The standard InChI is InChI=1S/C31H34N8O3/c1-21(42-30(41)22-8-4-2-5-9-22)25-18-23-19-34-31(37-28(23)29(35-25)38-15-6-3-7-16-38)36-26-11-10-24(20-33-26)39-17-14-32-13-12-27(39)40/h2,4-5,8-11,18-21,32H,3,6-7,12-17H2,1H3,(H,33,34,36,37)/t21-/m1/s1. The number of benzene rings is 1. The second-order valence-corrected chi connectivity index (χ2v) is 10.5. The van der Waals surface area contributed by atoms with Crippen molar-refractivity contribution in [2.45, 2.75) is 38.7 Å². The average Bonchev–Trinajstić information content (AvgIpc) is 3.25. The van der Waals surface area contributed by atoms with Crippen LogP contribution in [0.2, 0.25) is 0 Å². The third kappa shape index (κ3) is 6.15. The molecule has 2 aliphatic rings. The van der Waals surface area contributed by atoms with E-state index in [4.69, 9.17) is 14.7 Å². The normalized spacial score (nSPS) is 16.6. The Morgan fingerprint density at radius 1 is 0.976 bits per heavy atom. The number of aromatic nitrogens is 4. The zero-order chi connectivity index (χ0) is 28.9. The van der Waals surface area contributed by atoms with E-state index in [-0.39, 0.29) is 5.91 Å². The second kappa shape index (κ2) is 12.5. The summed E-state index contributed by atoms with van der Waals surface area (Å²) in [6, 6.07) is 14.5. The summed E-state index contributed by atoms with van der Waals surface area (Å²) >= 11 is 0. The van der Waals surface area contributed by atoms with Crippen molar-refractivity contribution in [3.8, 4) is 0 Å². The molecule has 2 N–H and O–H groups in total. The molecule has 2 saturated heterocycles. The van der Waals surface area contributed by atoms with E-state index in [1.165, 1.54) is 6.42 Å². The molecule has 0 aliphatic carbocycles. The highest BCUT2D eigenvalue weighted by Crippen LogP contribution is 2.31. The van der Waals surface area contributed by atoms with Crippen LogP contribution < -0.4 is 20.4 Å². The second-order valence-electron chi connectivity index (χ2n) is 10.5. The minimum Gasteiger partial charge on any atom is -0.453 e. The van der Waals surface area contributed by atoms with Gasteiger partial charge in [-0.05, 0) is 56.5 Å². The lowest BCUT2D eigenvalue weighted by Gasteiger charge is -2.29. The number of carbonyl (C=O) groups excluding carboxylic acids is 2. The fourth-order valence-corrected chi connectivity index (χ4v) is 5.28. The Kier molecular flexibility index (Phi) is 8.18. The van der Waals surface area contributed by atoms with Gasteiger partial charge in [0, 0.05) is 50.7 Å². The van der Waals surface area contributed by atoms with E-state index in [0.29, 0.717) is 42.5 Å². The molecule has 1 amide bonds. The summed E-state index contributed by atoms with van der Waals surface area (Å²) in [6.07, 6.45) is 6.70. The number of hydrogen-bond donors (Lipinski definition) is 2. The number of nitrogens with one attached hydrogen (secondary N) is 2. The highest BCUT2D eigenvalue weighted by molar-refractivity contribution is 5.94. The highest BCUT2D eigenvalue weighted by atomic mass is 16.5. The number of anilines is 4. The van der Waals surface area contributed by atoms with Crippen LogP contribution in [0.3, 0.4) is 0 Å². The smallest absolute Gasteiger partial charge is 0.338 e. The van der Waals surface area contributed by atoms with Crippen LogP contribution in [0.1, 0.15) is 54.8 Å². The molecule has 6 rings (SSSR count). The molecule has 3 aromatic heterocycles. The summed E-state index contributed by atoms with van der Waals surface area (Å²) < 4.78 is 5.77. The maximum absolute atomic E-state index is 12.7. The number of esters is 1. The first-order chi connectivity index (χ1) is 20.5. The van der Waals surface area contributed by atoms with Gasteiger partial charge in [0.05, 0.1) is 23.1 Å². The Morgan fingerprint density at radius 2 is 1.81 bits per heavy atom. The molecule has 2 fully saturated rings. The Hall–Kier alpha value is -4.64. The number of pyridine rings is 2. The predicted octanol–water partition coefficient (Wildman–Crippen LogP) is 4.40. The van der Waals surface area contributed by atoms with Crippen LogP contribution in [-0.2, 0) is 9.53 Å². The van der Waals surface area contributed by atoms with Gasteiger partial charge >= 0.3 is 5.97 Å². The van der Waals surface area contributed by atoms with Crippen molar-refractivity contribution in [3.05, 3.63) is 72.2 Å². The number of fused-ring (bicyclic) bond motifs is 1. The Bertz CT molecular complexity index is 1560. The molecule has 1 aromatic carbocycles. The fourth-order valence-electron chi connectivity index (χ4n) is 5.28. The zero-order valence-corrected chi connectivity index (χ0v) is 23.6. The van der Waals surface area contributed by atoms with Gasteiger partial charge in [0.15, 0.2) is 5.82 Å². The van der Waals surface area contributed by atoms with Crippen LogP contribution in [-0.4, -0.2) is 64.5 Å². The molecule has 0 bridgehead atoms. The quantitative estimate of drug-likeness (QED) is 0.311. The van der Waals surface area contributed by atoms with Gasteiger partial charge in [0.2, 0.25) is 11.9 Å². The minimum absolute atomic E-state index is 0.0848. The van der Waals surface area contributed by atoms with Gasteiger partial charge in [-0.3, -0.25) is 4.79 Å². The number of hydrogen-bond acceptors (Lipinski definition) is 10. The molecule has 2 aliphatic heterocycles. The van der Waals surface area contributed by atoms with Crippen LogP contribution in [0.15, 0.2) is 60.9 Å². The van der Waals surface area contributed by atoms with Gasteiger partial charge in [-0.25, -0.2) is 24.7 Å². The minimum atomic E-state index is -0.557. The van der Waals surface area contributed by atoms with Crippen molar-refractivity contribution in [3.63, 3.8) is 0 Å². The molecule has 216 valence electrons. The van der Waals surface area contributed by atoms with Crippen LogP contribution in [0, 0.1) is 0 Å². The molecule has 0 unspecified atom stereocenters. The lowest BCUT2D eigenvalue weighted by molar-refractivity contribution is -0.118. The SMILES string of the molecule is C[C@@H](OC(=O)c1ccccc1)c1cc2cnc(Nc3ccc(N4CCNCCC4=O)cn3)nc2c(N2CCCCC2)n1. The van der Waals surface area contributed by atoms with E-state index < -0.39 is 12.1 Å². The summed E-state index contributed by atoms with van der Waals surface area (Å²) in [5.41, 5.74) is 2.63. The molecule has 4 aromatic rings. The third-order valence-corrected chi connectivity index (χ3v) is 7.56. The molecular weight excluding hydrogens is 532 g/mol. The van der Waals surface area contributed by atoms with E-state index >= 15 is 0 Å². The van der Waals surface area contributed by atoms with Gasteiger partial charge in [-0.1, -0.05) is 18.2 Å². The van der Waals surface area contributed by atoms with Crippen LogP contribution in [0.5, 0.6) is 0 Å². The van der Waals surface area contributed by atoms with E-state index in [2.05, 4.69) is 25.5 Å². The van der Waals surface area contributed by atoms with E-state index in [1.807, 2.05) is 43.3 Å². The van der Waals surface area contributed by atoms with Gasteiger partial charge in [0.1, 0.15) is 17.4 Å². The molecule has 5 heterocycles. The monoisotopic (exact) mass is 566 g/mol. The van der Waals surface area contributed by atoms with Gasteiger partial charge < -0.3 is 25.2 Å². The van der Waals surface area contributed by atoms with Crippen LogP contribution in [0.4, 0.5) is 23.3 Å². The number of amides is 1. The summed E-state index contributed by atoms with van der Waals surface area (Å²) in [6.45, 7) is 5.64. The van der Waals surface area contributed by atoms with Crippen molar-refractivity contribution < 1.29 is 14.3 Å². The van der Waals surface area contributed by atoms with Crippen molar-refractivity contribution in [1.29, 1.82) is 0 Å². The average molecular weight is 567 g/mol. The molecule has 1 atom stereocenters. The van der Waals surface area contributed by atoms with E-state index in [1.54, 1.807) is 29.4 Å². The predicted molar refractivity (Wildman–Crippen MR) is 161 cm³/mol. The lowest BCUT2D eigenvalue weighted by Crippen LogP contribution is -2.32. The number of rotatable bonds is 7. The largest absolute Gasteiger partial charge is 0.453 e.